The Labute approximate surface area is 198 Å². The standard InChI is InChI=1S/C25H33N5O4/c1-14(2)12-30(13-15(3)4)25(34)22-18(16(5)28-24(33)23(22)32)10-21(31)27-11-17-6-7-19-20(29-17)8-9-26-19/h6-9,14-15,26,32H,10-13H2,1-5H3,(H,27,31)(H,28,33). The average Bonchev–Trinajstić information content (AvgIpc) is 3.22. The van der Waals surface area contributed by atoms with Crippen molar-refractivity contribution >= 4 is 22.8 Å². The normalized spacial score (nSPS) is 11.4. The molecule has 3 heterocycles. The van der Waals surface area contributed by atoms with Crippen LogP contribution in [0.1, 0.15) is 55.0 Å². The lowest BCUT2D eigenvalue weighted by atomic mass is 9.99. The van der Waals surface area contributed by atoms with Gasteiger partial charge in [0.1, 0.15) is 0 Å². The first-order valence-electron chi connectivity index (χ1n) is 11.5. The van der Waals surface area contributed by atoms with E-state index in [1.54, 1.807) is 18.0 Å². The van der Waals surface area contributed by atoms with Gasteiger partial charge in [-0.25, -0.2) is 4.98 Å². The maximum absolute atomic E-state index is 13.5. The van der Waals surface area contributed by atoms with E-state index in [-0.39, 0.29) is 36.3 Å². The minimum absolute atomic E-state index is 0.107. The topological polar surface area (TPSA) is 131 Å². The molecule has 0 unspecified atom stereocenters. The molecule has 2 amide bonds. The van der Waals surface area contributed by atoms with Crippen LogP contribution in [0.3, 0.4) is 0 Å². The molecule has 0 aromatic carbocycles. The summed E-state index contributed by atoms with van der Waals surface area (Å²) >= 11 is 0. The molecule has 0 saturated carbocycles. The fourth-order valence-electron chi connectivity index (χ4n) is 3.97. The first kappa shape index (κ1) is 25.0. The van der Waals surface area contributed by atoms with Crippen LogP contribution >= 0.6 is 0 Å². The number of hydrogen-bond donors (Lipinski definition) is 4. The summed E-state index contributed by atoms with van der Waals surface area (Å²) in [5.41, 5.74) is 2.24. The van der Waals surface area contributed by atoms with Crippen LogP contribution in [0.25, 0.3) is 11.0 Å². The lowest BCUT2D eigenvalue weighted by Gasteiger charge is -2.27. The zero-order chi connectivity index (χ0) is 25.0. The van der Waals surface area contributed by atoms with E-state index in [9.17, 15) is 19.5 Å². The number of aromatic amines is 2. The second-order valence-corrected chi connectivity index (χ2v) is 9.45. The number of pyridine rings is 2. The van der Waals surface area contributed by atoms with Gasteiger partial charge in [-0.2, -0.15) is 0 Å². The summed E-state index contributed by atoms with van der Waals surface area (Å²) in [6, 6.07) is 5.56. The number of rotatable bonds is 9. The highest BCUT2D eigenvalue weighted by Crippen LogP contribution is 2.23. The van der Waals surface area contributed by atoms with E-state index in [1.165, 1.54) is 0 Å². The van der Waals surface area contributed by atoms with E-state index in [0.29, 0.717) is 30.0 Å². The summed E-state index contributed by atoms with van der Waals surface area (Å²) in [5.74, 6) is -1.06. The number of hydrogen-bond acceptors (Lipinski definition) is 5. The van der Waals surface area contributed by atoms with Crippen molar-refractivity contribution in [2.75, 3.05) is 13.1 Å². The van der Waals surface area contributed by atoms with Gasteiger partial charge >= 0.3 is 0 Å². The van der Waals surface area contributed by atoms with Crippen molar-refractivity contribution in [3.63, 3.8) is 0 Å². The Balaban J connectivity index is 1.85. The minimum Gasteiger partial charge on any atom is -0.502 e. The average molecular weight is 468 g/mol. The number of carbonyl (C=O) groups excluding carboxylic acids is 2. The zero-order valence-electron chi connectivity index (χ0n) is 20.4. The molecule has 9 heteroatoms. The highest BCUT2D eigenvalue weighted by molar-refractivity contribution is 5.99. The van der Waals surface area contributed by atoms with Crippen molar-refractivity contribution in [1.82, 2.24) is 25.2 Å². The Morgan fingerprint density at radius 3 is 2.44 bits per heavy atom. The summed E-state index contributed by atoms with van der Waals surface area (Å²) in [4.78, 5) is 50.3. The van der Waals surface area contributed by atoms with Gasteiger partial charge in [0.15, 0.2) is 5.75 Å². The number of amides is 2. The van der Waals surface area contributed by atoms with Gasteiger partial charge in [0, 0.05) is 25.0 Å². The third-order valence-corrected chi connectivity index (χ3v) is 5.45. The van der Waals surface area contributed by atoms with Crippen LogP contribution in [0, 0.1) is 18.8 Å². The van der Waals surface area contributed by atoms with Gasteiger partial charge in [-0.05, 0) is 42.5 Å². The highest BCUT2D eigenvalue weighted by atomic mass is 16.3. The second-order valence-electron chi connectivity index (χ2n) is 9.45. The fourth-order valence-corrected chi connectivity index (χ4v) is 3.97. The van der Waals surface area contributed by atoms with Crippen molar-refractivity contribution in [1.29, 1.82) is 0 Å². The van der Waals surface area contributed by atoms with Crippen molar-refractivity contribution < 1.29 is 14.7 Å². The maximum atomic E-state index is 13.5. The van der Waals surface area contributed by atoms with Crippen molar-refractivity contribution in [3.05, 3.63) is 57.3 Å². The largest absolute Gasteiger partial charge is 0.502 e. The zero-order valence-corrected chi connectivity index (χ0v) is 20.4. The van der Waals surface area contributed by atoms with E-state index in [2.05, 4.69) is 20.3 Å². The first-order chi connectivity index (χ1) is 16.1. The summed E-state index contributed by atoms with van der Waals surface area (Å²) < 4.78 is 0. The number of aryl methyl sites for hydroxylation is 1. The van der Waals surface area contributed by atoms with Gasteiger partial charge < -0.3 is 25.3 Å². The molecule has 0 radical (unpaired) electrons. The Morgan fingerprint density at radius 2 is 1.79 bits per heavy atom. The smallest absolute Gasteiger partial charge is 0.291 e. The summed E-state index contributed by atoms with van der Waals surface area (Å²) in [6.07, 6.45) is 1.63. The van der Waals surface area contributed by atoms with Crippen molar-refractivity contribution in [2.45, 2.75) is 47.6 Å². The van der Waals surface area contributed by atoms with E-state index in [4.69, 9.17) is 0 Å². The Bertz CT molecular complexity index is 1230. The van der Waals surface area contributed by atoms with Gasteiger partial charge in [0.25, 0.3) is 11.5 Å². The molecule has 3 rings (SSSR count). The number of aromatic nitrogens is 3. The predicted octanol–water partition coefficient (Wildman–Crippen LogP) is 2.88. The van der Waals surface area contributed by atoms with Crippen LogP contribution in [0.5, 0.6) is 5.75 Å². The molecule has 0 atom stereocenters. The quantitative estimate of drug-likeness (QED) is 0.384. The predicted molar refractivity (Wildman–Crippen MR) is 131 cm³/mol. The molecule has 0 fully saturated rings. The minimum atomic E-state index is -0.747. The molecule has 34 heavy (non-hydrogen) atoms. The van der Waals surface area contributed by atoms with Gasteiger partial charge in [-0.1, -0.05) is 27.7 Å². The number of H-pyrrole nitrogens is 2. The molecular weight excluding hydrogens is 434 g/mol. The summed E-state index contributed by atoms with van der Waals surface area (Å²) in [6.45, 7) is 10.8. The van der Waals surface area contributed by atoms with Crippen LogP contribution in [0.4, 0.5) is 0 Å². The Kier molecular flexibility index (Phi) is 7.75. The molecule has 3 aromatic heterocycles. The molecule has 0 spiro atoms. The van der Waals surface area contributed by atoms with Gasteiger partial charge in [-0.3, -0.25) is 14.4 Å². The molecule has 9 nitrogen and oxygen atoms in total. The molecule has 0 saturated heterocycles. The van der Waals surface area contributed by atoms with Crippen LogP contribution in [-0.4, -0.2) is 49.9 Å². The van der Waals surface area contributed by atoms with Crippen LogP contribution < -0.4 is 10.9 Å². The van der Waals surface area contributed by atoms with Gasteiger partial charge in [-0.15, -0.1) is 0 Å². The molecule has 3 aromatic rings. The van der Waals surface area contributed by atoms with E-state index >= 15 is 0 Å². The third kappa shape index (κ3) is 5.84. The third-order valence-electron chi connectivity index (χ3n) is 5.45. The first-order valence-corrected chi connectivity index (χ1v) is 11.5. The SMILES string of the molecule is Cc1[nH]c(=O)c(O)c(C(=O)N(CC(C)C)CC(C)C)c1CC(=O)NCc1ccc2[nH]ccc2n1. The van der Waals surface area contributed by atoms with Crippen LogP contribution in [0.15, 0.2) is 29.2 Å². The van der Waals surface area contributed by atoms with E-state index in [0.717, 1.165) is 11.0 Å². The number of nitrogens with zero attached hydrogens (tertiary/aromatic N) is 2. The molecule has 4 N–H and O–H groups in total. The maximum Gasteiger partial charge on any atom is 0.291 e. The van der Waals surface area contributed by atoms with E-state index < -0.39 is 17.2 Å². The fraction of sp³-hybridized carbons (Fsp3) is 0.440. The molecule has 0 aliphatic heterocycles. The number of aromatic hydroxyl groups is 1. The monoisotopic (exact) mass is 467 g/mol. The van der Waals surface area contributed by atoms with Gasteiger partial charge in [0.05, 0.1) is 35.3 Å². The number of carbonyl (C=O) groups is 2. The summed E-state index contributed by atoms with van der Waals surface area (Å²) in [5, 5.41) is 13.4. The summed E-state index contributed by atoms with van der Waals surface area (Å²) in [7, 11) is 0. The molecule has 0 aliphatic carbocycles. The van der Waals surface area contributed by atoms with Crippen LogP contribution in [-0.2, 0) is 17.8 Å². The van der Waals surface area contributed by atoms with Crippen molar-refractivity contribution in [2.24, 2.45) is 11.8 Å². The lowest BCUT2D eigenvalue weighted by Crippen LogP contribution is -2.38. The van der Waals surface area contributed by atoms with Crippen LogP contribution in [0.2, 0.25) is 0 Å². The highest BCUT2D eigenvalue weighted by Gasteiger charge is 2.28. The number of fused-ring (bicyclic) bond motifs is 1. The lowest BCUT2D eigenvalue weighted by molar-refractivity contribution is -0.120. The molecule has 0 bridgehead atoms. The molecular formula is C25H33N5O4. The van der Waals surface area contributed by atoms with Crippen molar-refractivity contribution in [3.8, 4) is 5.75 Å². The number of nitrogens with one attached hydrogen (secondary N) is 3. The van der Waals surface area contributed by atoms with Gasteiger partial charge in [0.2, 0.25) is 5.91 Å². The molecule has 182 valence electrons. The van der Waals surface area contributed by atoms with E-state index in [1.807, 2.05) is 45.9 Å². The molecule has 0 aliphatic rings. The second kappa shape index (κ2) is 10.5. The Hall–Kier alpha value is -3.62. The Morgan fingerprint density at radius 1 is 1.12 bits per heavy atom.